The molecule has 1 aromatic carbocycles. The van der Waals surface area contributed by atoms with Gasteiger partial charge in [-0.1, -0.05) is 11.8 Å². The van der Waals surface area contributed by atoms with E-state index in [1.807, 2.05) is 0 Å². The van der Waals surface area contributed by atoms with Crippen LogP contribution in [0.3, 0.4) is 0 Å². The minimum atomic E-state index is -1.22. The number of nitrogens with one attached hydrogen (secondary N) is 2. The molecule has 1 heterocycles. The number of carbonyl (C=O) groups is 2. The first kappa shape index (κ1) is 18.4. The standard InChI is InChI=1S/C14H12F2N4O4S/c1-5(13(23)24)25-14-19-10(17)9(12(22)20-14)18-11(21)6-2-3-7(15)8(16)4-6/h2-5H,1H3,(H,18,21)(H,23,24)(H3,17,19,20,22)/t5-/m1/s1. The SMILES string of the molecule is C[C@@H](Sc1nc(N)c(NC(=O)c2ccc(F)c(F)c2)c(=O)[nH]1)C(=O)O. The Morgan fingerprint density at radius 1 is 1.36 bits per heavy atom. The predicted molar refractivity (Wildman–Crippen MR) is 86.5 cm³/mol. The Morgan fingerprint density at radius 3 is 2.60 bits per heavy atom. The van der Waals surface area contributed by atoms with Crippen molar-refractivity contribution in [2.24, 2.45) is 0 Å². The molecule has 0 spiro atoms. The Hall–Kier alpha value is -2.95. The molecule has 1 atom stereocenters. The van der Waals surface area contributed by atoms with Gasteiger partial charge < -0.3 is 16.2 Å². The van der Waals surface area contributed by atoms with Gasteiger partial charge in [0.05, 0.1) is 0 Å². The number of carboxylic acids is 1. The van der Waals surface area contributed by atoms with Crippen molar-refractivity contribution < 1.29 is 23.5 Å². The zero-order valence-corrected chi connectivity index (χ0v) is 13.5. The van der Waals surface area contributed by atoms with E-state index in [-0.39, 0.29) is 22.2 Å². The molecule has 0 radical (unpaired) electrons. The zero-order valence-electron chi connectivity index (χ0n) is 12.7. The molecule has 5 N–H and O–H groups in total. The Bertz CT molecular complexity index is 903. The molecule has 0 aliphatic heterocycles. The molecule has 0 saturated heterocycles. The van der Waals surface area contributed by atoms with Crippen LogP contribution in [0.2, 0.25) is 0 Å². The normalized spacial score (nSPS) is 11.8. The Kier molecular flexibility index (Phi) is 5.37. The molecule has 11 heteroatoms. The van der Waals surface area contributed by atoms with E-state index in [0.717, 1.165) is 23.9 Å². The molecule has 0 aliphatic carbocycles. The van der Waals surface area contributed by atoms with Crippen LogP contribution in [0.4, 0.5) is 20.3 Å². The number of rotatable bonds is 5. The molecule has 25 heavy (non-hydrogen) atoms. The number of hydrogen-bond donors (Lipinski definition) is 4. The lowest BCUT2D eigenvalue weighted by atomic mass is 10.2. The second-order valence-corrected chi connectivity index (χ2v) is 6.14. The van der Waals surface area contributed by atoms with Crippen molar-refractivity contribution in [3.63, 3.8) is 0 Å². The average molecular weight is 370 g/mol. The highest BCUT2D eigenvalue weighted by molar-refractivity contribution is 8.00. The Balaban J connectivity index is 2.25. The summed E-state index contributed by atoms with van der Waals surface area (Å²) in [6.45, 7) is 1.39. The number of thioether (sulfide) groups is 1. The number of hydrogen-bond acceptors (Lipinski definition) is 6. The van der Waals surface area contributed by atoms with E-state index in [0.29, 0.717) is 6.07 Å². The van der Waals surface area contributed by atoms with Gasteiger partial charge in [0, 0.05) is 5.56 Å². The third-order valence-electron chi connectivity index (χ3n) is 2.98. The number of aromatic amines is 1. The maximum Gasteiger partial charge on any atom is 0.316 e. The molecule has 132 valence electrons. The number of aliphatic carboxylic acids is 1. The van der Waals surface area contributed by atoms with Crippen molar-refractivity contribution in [2.75, 3.05) is 11.1 Å². The quantitative estimate of drug-likeness (QED) is 0.461. The van der Waals surface area contributed by atoms with E-state index < -0.39 is 34.3 Å². The molecule has 8 nitrogen and oxygen atoms in total. The molecule has 0 unspecified atom stereocenters. The average Bonchev–Trinajstić information content (AvgIpc) is 2.53. The van der Waals surface area contributed by atoms with Crippen LogP contribution in [-0.2, 0) is 4.79 Å². The minimum absolute atomic E-state index is 0.0387. The number of aromatic nitrogens is 2. The summed E-state index contributed by atoms with van der Waals surface area (Å²) in [7, 11) is 0. The van der Waals surface area contributed by atoms with Crippen LogP contribution in [0.15, 0.2) is 28.2 Å². The number of nitrogen functional groups attached to an aromatic ring is 1. The number of nitrogens with zero attached hydrogens (tertiary/aromatic N) is 1. The minimum Gasteiger partial charge on any atom is -0.480 e. The first-order valence-electron chi connectivity index (χ1n) is 6.74. The largest absolute Gasteiger partial charge is 0.480 e. The van der Waals surface area contributed by atoms with Gasteiger partial charge in [0.25, 0.3) is 11.5 Å². The summed E-state index contributed by atoms with van der Waals surface area (Å²) in [6.07, 6.45) is 0. The van der Waals surface area contributed by atoms with Gasteiger partial charge in [-0.05, 0) is 25.1 Å². The van der Waals surface area contributed by atoms with Gasteiger partial charge in [-0.2, -0.15) is 0 Å². The van der Waals surface area contributed by atoms with Crippen LogP contribution >= 0.6 is 11.8 Å². The first-order chi connectivity index (χ1) is 11.7. The number of anilines is 2. The third kappa shape index (κ3) is 4.32. The molecule has 2 aromatic rings. The number of carbonyl (C=O) groups excluding carboxylic acids is 1. The summed E-state index contributed by atoms with van der Waals surface area (Å²) >= 11 is 0.757. The second-order valence-electron chi connectivity index (χ2n) is 4.81. The van der Waals surface area contributed by atoms with Crippen molar-refractivity contribution in [1.82, 2.24) is 9.97 Å². The predicted octanol–water partition coefficient (Wildman–Crippen LogP) is 1.45. The highest BCUT2D eigenvalue weighted by atomic mass is 32.2. The monoisotopic (exact) mass is 370 g/mol. The molecular formula is C14H12F2N4O4S. The maximum absolute atomic E-state index is 13.2. The second kappa shape index (κ2) is 7.30. The fourth-order valence-electron chi connectivity index (χ4n) is 1.69. The lowest BCUT2D eigenvalue weighted by molar-refractivity contribution is -0.136. The fourth-order valence-corrected chi connectivity index (χ4v) is 2.43. The van der Waals surface area contributed by atoms with Crippen molar-refractivity contribution in [3.8, 4) is 0 Å². The fraction of sp³-hybridized carbons (Fsp3) is 0.143. The van der Waals surface area contributed by atoms with Crippen molar-refractivity contribution >= 4 is 35.1 Å². The van der Waals surface area contributed by atoms with E-state index in [1.165, 1.54) is 6.92 Å². The summed E-state index contributed by atoms with van der Waals surface area (Å²) in [4.78, 5) is 40.9. The van der Waals surface area contributed by atoms with Gasteiger partial charge in [0.1, 0.15) is 10.9 Å². The highest BCUT2D eigenvalue weighted by Crippen LogP contribution is 2.21. The highest BCUT2D eigenvalue weighted by Gasteiger charge is 2.18. The molecule has 0 aliphatic rings. The van der Waals surface area contributed by atoms with Gasteiger partial charge in [0.2, 0.25) is 0 Å². The van der Waals surface area contributed by atoms with Crippen LogP contribution in [0.5, 0.6) is 0 Å². The van der Waals surface area contributed by atoms with Crippen LogP contribution < -0.4 is 16.6 Å². The third-order valence-corrected chi connectivity index (χ3v) is 3.95. The van der Waals surface area contributed by atoms with Crippen molar-refractivity contribution in [3.05, 3.63) is 45.8 Å². The number of nitrogens with two attached hydrogens (primary N) is 1. The van der Waals surface area contributed by atoms with Crippen molar-refractivity contribution in [1.29, 1.82) is 0 Å². The summed E-state index contributed by atoms with van der Waals surface area (Å²) in [5.74, 6) is -4.69. The number of benzene rings is 1. The van der Waals surface area contributed by atoms with Gasteiger partial charge in [-0.15, -0.1) is 0 Å². The van der Waals surface area contributed by atoms with Gasteiger partial charge in [-0.25, -0.2) is 13.8 Å². The van der Waals surface area contributed by atoms with E-state index in [1.54, 1.807) is 0 Å². The molecule has 1 aromatic heterocycles. The van der Waals surface area contributed by atoms with Crippen molar-refractivity contribution in [2.45, 2.75) is 17.3 Å². The molecule has 0 bridgehead atoms. The lowest BCUT2D eigenvalue weighted by Gasteiger charge is -2.10. The van der Waals surface area contributed by atoms with Gasteiger partial charge >= 0.3 is 5.97 Å². The smallest absolute Gasteiger partial charge is 0.316 e. The molecule has 1 amide bonds. The van der Waals surface area contributed by atoms with Crippen LogP contribution in [0.1, 0.15) is 17.3 Å². The number of H-pyrrole nitrogens is 1. The summed E-state index contributed by atoms with van der Waals surface area (Å²) in [5.41, 5.74) is 4.18. The summed E-state index contributed by atoms with van der Waals surface area (Å²) in [5, 5.41) is 10.1. The van der Waals surface area contributed by atoms with Crippen LogP contribution in [-0.4, -0.2) is 32.2 Å². The van der Waals surface area contributed by atoms with E-state index in [4.69, 9.17) is 10.8 Å². The van der Waals surface area contributed by atoms with E-state index in [2.05, 4.69) is 15.3 Å². The molecule has 0 fully saturated rings. The first-order valence-corrected chi connectivity index (χ1v) is 7.62. The van der Waals surface area contributed by atoms with Crippen LogP contribution in [0, 0.1) is 11.6 Å². The van der Waals surface area contributed by atoms with E-state index in [9.17, 15) is 23.2 Å². The Labute approximate surface area is 143 Å². The summed E-state index contributed by atoms with van der Waals surface area (Å²) < 4.78 is 26.1. The maximum atomic E-state index is 13.2. The molecule has 0 saturated carbocycles. The lowest BCUT2D eigenvalue weighted by Crippen LogP contribution is -2.23. The Morgan fingerprint density at radius 2 is 2.04 bits per heavy atom. The summed E-state index contributed by atoms with van der Waals surface area (Å²) in [6, 6.07) is 2.47. The topological polar surface area (TPSA) is 138 Å². The number of halogens is 2. The van der Waals surface area contributed by atoms with E-state index >= 15 is 0 Å². The van der Waals surface area contributed by atoms with Gasteiger partial charge in [0.15, 0.2) is 22.6 Å². The zero-order chi connectivity index (χ0) is 18.7. The number of carboxylic acid groups (broad SMARTS) is 1. The molecule has 2 rings (SSSR count). The van der Waals surface area contributed by atoms with Crippen LogP contribution in [0.25, 0.3) is 0 Å². The number of amides is 1. The van der Waals surface area contributed by atoms with Gasteiger partial charge in [-0.3, -0.25) is 19.4 Å². The molecular weight excluding hydrogens is 358 g/mol.